The Morgan fingerprint density at radius 1 is 1.24 bits per heavy atom. The molecule has 0 aliphatic carbocycles. The first-order valence-electron chi connectivity index (χ1n) is 9.80. The van der Waals surface area contributed by atoms with Crippen LogP contribution in [0.5, 0.6) is 0 Å². The quantitative estimate of drug-likeness (QED) is 0.732. The number of aromatic nitrogens is 4. The number of likely N-dealkylation sites (tertiary alicyclic amines) is 1. The lowest BCUT2D eigenvalue weighted by Crippen LogP contribution is -2.36. The molecule has 1 atom stereocenters. The van der Waals surface area contributed by atoms with Gasteiger partial charge in [-0.2, -0.15) is 0 Å². The first kappa shape index (κ1) is 19.2. The maximum Gasteiger partial charge on any atom is 0.410 e. The number of rotatable bonds is 3. The van der Waals surface area contributed by atoms with E-state index < -0.39 is 5.60 Å². The van der Waals surface area contributed by atoms with Crippen molar-refractivity contribution >= 4 is 17.6 Å². The molecular formula is C21H26N6O2. The number of pyridine rings is 1. The van der Waals surface area contributed by atoms with Crippen molar-refractivity contribution < 1.29 is 9.53 Å². The second-order valence-corrected chi connectivity index (χ2v) is 8.36. The van der Waals surface area contributed by atoms with Crippen LogP contribution in [0.4, 0.5) is 10.6 Å². The van der Waals surface area contributed by atoms with Crippen molar-refractivity contribution in [2.45, 2.75) is 45.8 Å². The Kier molecular flexibility index (Phi) is 4.86. The summed E-state index contributed by atoms with van der Waals surface area (Å²) in [5.41, 5.74) is 2.96. The Morgan fingerprint density at radius 2 is 2.07 bits per heavy atom. The third-order valence-corrected chi connectivity index (χ3v) is 4.73. The third kappa shape index (κ3) is 4.31. The Labute approximate surface area is 169 Å². The van der Waals surface area contributed by atoms with Gasteiger partial charge in [-0.1, -0.05) is 6.07 Å². The van der Waals surface area contributed by atoms with Gasteiger partial charge in [0.15, 0.2) is 5.65 Å². The van der Waals surface area contributed by atoms with Crippen molar-refractivity contribution in [3.05, 3.63) is 42.5 Å². The highest BCUT2D eigenvalue weighted by Crippen LogP contribution is 2.22. The van der Waals surface area contributed by atoms with Gasteiger partial charge in [-0.3, -0.25) is 9.38 Å². The van der Waals surface area contributed by atoms with Crippen molar-refractivity contribution in [3.8, 4) is 11.4 Å². The molecule has 1 aliphatic heterocycles. The lowest BCUT2D eigenvalue weighted by atomic mass is 10.2. The van der Waals surface area contributed by atoms with Gasteiger partial charge in [0.1, 0.15) is 11.4 Å². The molecule has 8 nitrogen and oxygen atoms in total. The molecule has 1 unspecified atom stereocenters. The molecule has 1 N–H and O–H groups in total. The number of hydrogen-bond acceptors (Lipinski definition) is 6. The minimum absolute atomic E-state index is 0.138. The Hall–Kier alpha value is -3.16. The maximum absolute atomic E-state index is 12.3. The number of anilines is 1. The molecule has 0 bridgehead atoms. The second-order valence-electron chi connectivity index (χ2n) is 8.36. The van der Waals surface area contributed by atoms with E-state index in [4.69, 9.17) is 9.72 Å². The van der Waals surface area contributed by atoms with E-state index >= 15 is 0 Å². The van der Waals surface area contributed by atoms with Crippen molar-refractivity contribution in [2.75, 3.05) is 18.4 Å². The first-order valence-corrected chi connectivity index (χ1v) is 9.80. The maximum atomic E-state index is 12.3. The smallest absolute Gasteiger partial charge is 0.410 e. The first-order chi connectivity index (χ1) is 13.8. The van der Waals surface area contributed by atoms with Crippen LogP contribution < -0.4 is 5.32 Å². The summed E-state index contributed by atoms with van der Waals surface area (Å²) in [4.78, 5) is 27.5. The van der Waals surface area contributed by atoms with E-state index in [1.54, 1.807) is 11.1 Å². The molecule has 1 fully saturated rings. The molecule has 1 saturated heterocycles. The van der Waals surface area contributed by atoms with Crippen LogP contribution in [-0.2, 0) is 4.74 Å². The topological polar surface area (TPSA) is 84.7 Å². The largest absolute Gasteiger partial charge is 0.444 e. The van der Waals surface area contributed by atoms with Crippen LogP contribution >= 0.6 is 0 Å². The molecule has 1 amide bonds. The van der Waals surface area contributed by atoms with Gasteiger partial charge in [-0.05, 0) is 46.2 Å². The van der Waals surface area contributed by atoms with E-state index in [2.05, 4.69) is 15.3 Å². The molecule has 3 aromatic heterocycles. The molecule has 4 rings (SSSR count). The van der Waals surface area contributed by atoms with Crippen LogP contribution in [0.15, 0.2) is 36.8 Å². The van der Waals surface area contributed by atoms with Crippen LogP contribution in [0.25, 0.3) is 17.0 Å². The van der Waals surface area contributed by atoms with Crippen LogP contribution in [-0.4, -0.2) is 55.1 Å². The Balaban J connectivity index is 1.47. The Morgan fingerprint density at radius 3 is 2.86 bits per heavy atom. The molecule has 0 aromatic carbocycles. The highest BCUT2D eigenvalue weighted by Gasteiger charge is 2.29. The zero-order chi connectivity index (χ0) is 20.6. The van der Waals surface area contributed by atoms with E-state index in [1.807, 2.05) is 62.7 Å². The summed E-state index contributed by atoms with van der Waals surface area (Å²) in [6.07, 6.45) is 6.10. The van der Waals surface area contributed by atoms with E-state index in [0.29, 0.717) is 13.1 Å². The van der Waals surface area contributed by atoms with E-state index in [-0.39, 0.29) is 12.1 Å². The average molecular weight is 394 g/mol. The summed E-state index contributed by atoms with van der Waals surface area (Å²) < 4.78 is 7.46. The number of imidazole rings is 1. The summed E-state index contributed by atoms with van der Waals surface area (Å²) in [7, 11) is 0. The fourth-order valence-electron chi connectivity index (χ4n) is 3.41. The Bertz CT molecular complexity index is 1040. The lowest BCUT2D eigenvalue weighted by Gasteiger charge is -2.24. The minimum atomic E-state index is -0.486. The summed E-state index contributed by atoms with van der Waals surface area (Å²) in [5.74, 6) is 0.777. The second kappa shape index (κ2) is 7.35. The molecular weight excluding hydrogens is 368 g/mol. The van der Waals surface area contributed by atoms with Crippen LogP contribution in [0.3, 0.4) is 0 Å². The monoisotopic (exact) mass is 394 g/mol. The van der Waals surface area contributed by atoms with Crippen LogP contribution in [0.2, 0.25) is 0 Å². The van der Waals surface area contributed by atoms with Crippen molar-refractivity contribution in [1.82, 2.24) is 24.3 Å². The van der Waals surface area contributed by atoms with Gasteiger partial charge in [-0.25, -0.2) is 14.8 Å². The molecule has 8 heteroatoms. The summed E-state index contributed by atoms with van der Waals surface area (Å²) in [6, 6.07) is 6.01. The lowest BCUT2D eigenvalue weighted by molar-refractivity contribution is 0.0293. The van der Waals surface area contributed by atoms with E-state index in [1.165, 1.54) is 0 Å². The average Bonchev–Trinajstić information content (AvgIpc) is 3.27. The zero-order valence-corrected chi connectivity index (χ0v) is 17.2. The van der Waals surface area contributed by atoms with Gasteiger partial charge in [0, 0.05) is 25.3 Å². The fourth-order valence-corrected chi connectivity index (χ4v) is 3.41. The number of hydrogen-bond donors (Lipinski definition) is 1. The zero-order valence-electron chi connectivity index (χ0n) is 17.2. The van der Waals surface area contributed by atoms with Crippen molar-refractivity contribution in [2.24, 2.45) is 0 Å². The summed E-state index contributed by atoms with van der Waals surface area (Å²) >= 11 is 0. The van der Waals surface area contributed by atoms with Gasteiger partial charge in [-0.15, -0.1) is 0 Å². The molecule has 0 saturated carbocycles. The third-order valence-electron chi connectivity index (χ3n) is 4.73. The number of carbonyl (C=O) groups excluding carboxylic acids is 1. The van der Waals surface area contributed by atoms with Gasteiger partial charge in [0.25, 0.3) is 0 Å². The highest BCUT2D eigenvalue weighted by atomic mass is 16.6. The van der Waals surface area contributed by atoms with Gasteiger partial charge >= 0.3 is 6.09 Å². The molecule has 4 heterocycles. The molecule has 3 aromatic rings. The standard InChI is InChI=1S/C21H26N6O2/c1-14-12-27-17(10-23-19(27)11-22-14)16-6-5-7-18(25-16)24-15-8-9-26(13-15)20(28)29-21(2,3)4/h5-7,10-12,15H,8-9,13H2,1-4H3,(H,24,25). The van der Waals surface area contributed by atoms with Crippen molar-refractivity contribution in [3.63, 3.8) is 0 Å². The predicted octanol–water partition coefficient (Wildman–Crippen LogP) is 3.52. The minimum Gasteiger partial charge on any atom is -0.444 e. The number of aryl methyl sites for hydroxylation is 1. The normalized spacial score (nSPS) is 17.0. The van der Waals surface area contributed by atoms with Crippen molar-refractivity contribution in [1.29, 1.82) is 0 Å². The SMILES string of the molecule is Cc1cn2c(-c3cccc(NC4CCN(C(=O)OC(C)(C)C)C4)n3)cnc2cn1. The van der Waals surface area contributed by atoms with Crippen LogP contribution in [0, 0.1) is 6.92 Å². The number of carbonyl (C=O) groups is 1. The molecule has 152 valence electrons. The van der Waals surface area contributed by atoms with Crippen LogP contribution in [0.1, 0.15) is 32.9 Å². The summed E-state index contributed by atoms with van der Waals surface area (Å²) in [5, 5.41) is 3.45. The molecule has 0 radical (unpaired) electrons. The molecule has 29 heavy (non-hydrogen) atoms. The molecule has 0 spiro atoms. The van der Waals surface area contributed by atoms with Gasteiger partial charge in [0.05, 0.1) is 29.5 Å². The van der Waals surface area contributed by atoms with Gasteiger partial charge < -0.3 is 15.0 Å². The number of ether oxygens (including phenoxy) is 1. The summed E-state index contributed by atoms with van der Waals surface area (Å²) in [6.45, 7) is 8.86. The van der Waals surface area contributed by atoms with Gasteiger partial charge in [0.2, 0.25) is 0 Å². The van der Waals surface area contributed by atoms with E-state index in [9.17, 15) is 4.79 Å². The van der Waals surface area contributed by atoms with E-state index in [0.717, 1.165) is 35.0 Å². The number of amides is 1. The number of nitrogens with zero attached hydrogens (tertiary/aromatic N) is 5. The number of nitrogens with one attached hydrogen (secondary N) is 1. The predicted molar refractivity (Wildman–Crippen MR) is 111 cm³/mol. The fraction of sp³-hybridized carbons (Fsp3) is 0.429. The number of fused-ring (bicyclic) bond motifs is 1. The molecule has 1 aliphatic rings. The highest BCUT2D eigenvalue weighted by molar-refractivity contribution is 5.69.